The number of nitrogens with zero attached hydrogens (tertiary/aromatic N) is 2. The molecular weight excluding hydrogens is 488 g/mol. The van der Waals surface area contributed by atoms with Crippen molar-refractivity contribution in [3.05, 3.63) is 80.9 Å². The number of benzene rings is 2. The summed E-state index contributed by atoms with van der Waals surface area (Å²) < 4.78 is 0. The van der Waals surface area contributed by atoms with E-state index >= 15 is 0 Å². The largest absolute Gasteiger partial charge is 0.508 e. The van der Waals surface area contributed by atoms with Crippen LogP contribution in [0.1, 0.15) is 45.1 Å². The molecule has 0 aromatic heterocycles. The SMILES string of the molecule is CCC1=C([C@H](O)CC/C(C)=C/c2cccc(O)c2)[C@H](CO)[C@@H]2C(=O)N(c3cccc([N+](=O)[O-])c3)C(=O)[C@@H]2C1. The lowest BCUT2D eigenvalue weighted by atomic mass is 9.67. The number of nitro groups is 1. The number of aliphatic hydroxyl groups is 2. The van der Waals surface area contributed by atoms with Crippen LogP contribution in [0.15, 0.2) is 65.3 Å². The number of aromatic hydroxyl groups is 1. The number of anilines is 1. The van der Waals surface area contributed by atoms with Crippen molar-refractivity contribution in [3.8, 4) is 5.75 Å². The van der Waals surface area contributed by atoms with Gasteiger partial charge in [0.2, 0.25) is 11.8 Å². The van der Waals surface area contributed by atoms with E-state index in [9.17, 15) is 35.0 Å². The minimum Gasteiger partial charge on any atom is -0.508 e. The molecule has 9 heteroatoms. The normalized spacial score (nSPS) is 22.6. The fraction of sp³-hybridized carbons (Fsp3) is 0.379. The predicted molar refractivity (Wildman–Crippen MR) is 142 cm³/mol. The van der Waals surface area contributed by atoms with Gasteiger partial charge in [-0.2, -0.15) is 0 Å². The van der Waals surface area contributed by atoms with E-state index in [2.05, 4.69) is 0 Å². The smallest absolute Gasteiger partial charge is 0.271 e. The maximum Gasteiger partial charge on any atom is 0.271 e. The van der Waals surface area contributed by atoms with Gasteiger partial charge in [-0.25, -0.2) is 4.90 Å². The third kappa shape index (κ3) is 5.25. The second-order valence-corrected chi connectivity index (χ2v) is 9.97. The van der Waals surface area contributed by atoms with Crippen LogP contribution in [-0.2, 0) is 9.59 Å². The summed E-state index contributed by atoms with van der Waals surface area (Å²) in [6.45, 7) is 3.45. The van der Waals surface area contributed by atoms with Crippen LogP contribution in [0.5, 0.6) is 5.75 Å². The topological polar surface area (TPSA) is 141 Å². The van der Waals surface area contributed by atoms with Gasteiger partial charge in [0, 0.05) is 18.1 Å². The van der Waals surface area contributed by atoms with Gasteiger partial charge in [-0.15, -0.1) is 0 Å². The van der Waals surface area contributed by atoms with E-state index in [-0.39, 0.29) is 23.5 Å². The molecule has 0 radical (unpaired) electrons. The van der Waals surface area contributed by atoms with Gasteiger partial charge in [0.1, 0.15) is 5.75 Å². The molecule has 0 spiro atoms. The zero-order valence-electron chi connectivity index (χ0n) is 21.4. The highest BCUT2D eigenvalue weighted by atomic mass is 16.6. The molecule has 200 valence electrons. The van der Waals surface area contributed by atoms with Gasteiger partial charge >= 0.3 is 0 Å². The highest BCUT2D eigenvalue weighted by molar-refractivity contribution is 6.22. The van der Waals surface area contributed by atoms with Crippen LogP contribution < -0.4 is 4.90 Å². The van der Waals surface area contributed by atoms with E-state index < -0.39 is 47.2 Å². The molecule has 0 unspecified atom stereocenters. The molecule has 1 heterocycles. The van der Waals surface area contributed by atoms with Crippen molar-refractivity contribution < 1.29 is 29.8 Å². The molecule has 38 heavy (non-hydrogen) atoms. The van der Waals surface area contributed by atoms with Crippen LogP contribution in [0.3, 0.4) is 0 Å². The van der Waals surface area contributed by atoms with Crippen molar-refractivity contribution >= 4 is 29.3 Å². The second-order valence-electron chi connectivity index (χ2n) is 9.97. The lowest BCUT2D eigenvalue weighted by Gasteiger charge is -2.36. The number of hydrogen-bond donors (Lipinski definition) is 3. The summed E-state index contributed by atoms with van der Waals surface area (Å²) in [5, 5.41) is 42.6. The number of phenolic OH excluding ortho intramolecular Hbond substituents is 1. The monoisotopic (exact) mass is 520 g/mol. The zero-order valence-corrected chi connectivity index (χ0v) is 21.4. The molecule has 1 aliphatic carbocycles. The minimum atomic E-state index is -0.912. The number of carbonyl (C=O) groups excluding carboxylic acids is 2. The third-order valence-electron chi connectivity index (χ3n) is 7.56. The van der Waals surface area contributed by atoms with Crippen molar-refractivity contribution in [3.63, 3.8) is 0 Å². The van der Waals surface area contributed by atoms with E-state index in [0.717, 1.165) is 21.6 Å². The van der Waals surface area contributed by atoms with E-state index in [4.69, 9.17) is 0 Å². The highest BCUT2D eigenvalue weighted by Crippen LogP contribution is 2.48. The quantitative estimate of drug-likeness (QED) is 0.193. The lowest BCUT2D eigenvalue weighted by Crippen LogP contribution is -2.39. The molecule has 1 fully saturated rings. The number of nitro benzene ring substituents is 1. The Kier molecular flexibility index (Phi) is 8.08. The van der Waals surface area contributed by atoms with Gasteiger partial charge in [0.05, 0.1) is 35.2 Å². The first-order valence-electron chi connectivity index (χ1n) is 12.7. The molecule has 2 aromatic carbocycles. The molecule has 1 aliphatic heterocycles. The summed E-state index contributed by atoms with van der Waals surface area (Å²) in [5.74, 6) is -3.06. The Morgan fingerprint density at radius 3 is 2.58 bits per heavy atom. The van der Waals surface area contributed by atoms with Crippen LogP contribution >= 0.6 is 0 Å². The molecule has 2 aromatic rings. The number of hydrogen-bond acceptors (Lipinski definition) is 7. The first-order valence-corrected chi connectivity index (χ1v) is 12.7. The summed E-state index contributed by atoms with van der Waals surface area (Å²) in [5.41, 5.74) is 3.21. The number of carbonyl (C=O) groups is 2. The Morgan fingerprint density at radius 1 is 1.18 bits per heavy atom. The van der Waals surface area contributed by atoms with Crippen molar-refractivity contribution in [2.24, 2.45) is 17.8 Å². The Morgan fingerprint density at radius 2 is 1.92 bits per heavy atom. The van der Waals surface area contributed by atoms with Crippen LogP contribution in [0.4, 0.5) is 11.4 Å². The standard InChI is InChI=1S/C29H32N2O7/c1-3-19-14-23-27(29(36)30(28(23)35)20-7-5-8-21(15-20)31(37)38)24(16-32)26(19)25(34)11-10-17(2)12-18-6-4-9-22(33)13-18/h4-9,12-13,15,23-25,27,32-34H,3,10-11,14,16H2,1-2H3/b17-12+/t23-,24+,25-,27-/m1/s1. The lowest BCUT2D eigenvalue weighted by molar-refractivity contribution is -0.384. The van der Waals surface area contributed by atoms with Crippen molar-refractivity contribution in [1.82, 2.24) is 0 Å². The molecular formula is C29H32N2O7. The Hall–Kier alpha value is -3.82. The fourth-order valence-electron chi connectivity index (χ4n) is 5.79. The van der Waals surface area contributed by atoms with Gasteiger partial charge in [0.15, 0.2) is 0 Å². The van der Waals surface area contributed by atoms with E-state index in [1.165, 1.54) is 24.3 Å². The van der Waals surface area contributed by atoms with Crippen LogP contribution in [0.2, 0.25) is 0 Å². The maximum atomic E-state index is 13.6. The first kappa shape index (κ1) is 27.2. The third-order valence-corrected chi connectivity index (χ3v) is 7.56. The molecule has 2 aliphatic rings. The molecule has 0 saturated carbocycles. The van der Waals surface area contributed by atoms with Crippen molar-refractivity contribution in [2.75, 3.05) is 11.5 Å². The number of non-ortho nitro benzene ring substituents is 1. The zero-order chi connectivity index (χ0) is 27.6. The maximum absolute atomic E-state index is 13.6. The van der Waals surface area contributed by atoms with Crippen molar-refractivity contribution in [2.45, 2.75) is 45.6 Å². The molecule has 3 N–H and O–H groups in total. The Balaban J connectivity index is 1.58. The number of phenols is 1. The highest BCUT2D eigenvalue weighted by Gasteiger charge is 2.55. The number of allylic oxidation sites excluding steroid dienone is 2. The molecule has 9 nitrogen and oxygen atoms in total. The molecule has 4 atom stereocenters. The van der Waals surface area contributed by atoms with E-state index in [0.29, 0.717) is 24.8 Å². The average molecular weight is 521 g/mol. The average Bonchev–Trinajstić information content (AvgIpc) is 3.15. The molecule has 0 bridgehead atoms. The molecule has 1 saturated heterocycles. The number of fused-ring (bicyclic) bond motifs is 1. The summed E-state index contributed by atoms with van der Waals surface area (Å²) in [4.78, 5) is 38.6. The van der Waals surface area contributed by atoms with E-state index in [1.807, 2.05) is 26.0 Å². The van der Waals surface area contributed by atoms with Crippen LogP contribution in [0, 0.1) is 27.9 Å². The Labute approximate surface area is 220 Å². The number of amides is 2. The second kappa shape index (κ2) is 11.3. The summed E-state index contributed by atoms with van der Waals surface area (Å²) in [7, 11) is 0. The van der Waals surface area contributed by atoms with E-state index in [1.54, 1.807) is 18.2 Å². The predicted octanol–water partition coefficient (Wildman–Crippen LogP) is 4.37. The summed E-state index contributed by atoms with van der Waals surface area (Å²) in [6.07, 6.45) is 2.78. The van der Waals surface area contributed by atoms with Gasteiger partial charge in [-0.05, 0) is 61.9 Å². The minimum absolute atomic E-state index is 0.133. The summed E-state index contributed by atoms with van der Waals surface area (Å²) in [6, 6.07) is 12.3. The van der Waals surface area contributed by atoms with Gasteiger partial charge in [-0.1, -0.05) is 42.3 Å². The molecule has 2 amide bonds. The number of imide groups is 1. The van der Waals surface area contributed by atoms with Gasteiger partial charge < -0.3 is 15.3 Å². The van der Waals surface area contributed by atoms with Gasteiger partial charge in [0.25, 0.3) is 5.69 Å². The van der Waals surface area contributed by atoms with Crippen molar-refractivity contribution in [1.29, 1.82) is 0 Å². The molecule has 4 rings (SSSR count). The summed E-state index contributed by atoms with van der Waals surface area (Å²) >= 11 is 0. The fourth-order valence-corrected chi connectivity index (χ4v) is 5.79. The van der Waals surface area contributed by atoms with Gasteiger partial charge in [-0.3, -0.25) is 19.7 Å². The number of rotatable bonds is 9. The van der Waals surface area contributed by atoms with Crippen LogP contribution in [0.25, 0.3) is 6.08 Å². The van der Waals surface area contributed by atoms with Crippen LogP contribution in [-0.4, -0.2) is 44.8 Å². The first-order chi connectivity index (χ1) is 18.2. The Bertz CT molecular complexity index is 1320. The number of aliphatic hydroxyl groups excluding tert-OH is 2.